The maximum absolute atomic E-state index is 12.1. The van der Waals surface area contributed by atoms with E-state index in [1.54, 1.807) is 23.7 Å². The molecule has 1 N–H and O–H groups in total. The summed E-state index contributed by atoms with van der Waals surface area (Å²) in [4.78, 5) is 14.0. The highest BCUT2D eigenvalue weighted by molar-refractivity contribution is 6.31. The van der Waals surface area contributed by atoms with E-state index in [0.29, 0.717) is 23.1 Å². The molecule has 0 saturated heterocycles. The summed E-state index contributed by atoms with van der Waals surface area (Å²) in [5, 5.41) is 14.6. The Bertz CT molecular complexity index is 639. The molecular formula is C13H17ClN6O. The van der Waals surface area contributed by atoms with E-state index in [0.717, 1.165) is 5.69 Å². The number of nitrogens with zero attached hydrogens (tertiary/aromatic N) is 5. The topological polar surface area (TPSA) is 75.9 Å². The maximum Gasteiger partial charge on any atom is 0.226 e. The molecule has 112 valence electrons. The summed E-state index contributed by atoms with van der Waals surface area (Å²) >= 11 is 5.98. The number of amides is 1. The van der Waals surface area contributed by atoms with E-state index in [9.17, 15) is 4.79 Å². The van der Waals surface area contributed by atoms with E-state index >= 15 is 0 Å². The van der Waals surface area contributed by atoms with Crippen LogP contribution in [0.4, 0.5) is 11.4 Å². The summed E-state index contributed by atoms with van der Waals surface area (Å²) < 4.78 is 1.59. The number of rotatable bonds is 5. The molecule has 0 radical (unpaired) electrons. The molecule has 1 aromatic heterocycles. The van der Waals surface area contributed by atoms with Crippen LogP contribution in [0.2, 0.25) is 5.02 Å². The first kappa shape index (κ1) is 15.2. The zero-order chi connectivity index (χ0) is 15.4. The predicted molar refractivity (Wildman–Crippen MR) is 81.6 cm³/mol. The fraction of sp³-hybridized carbons (Fsp3) is 0.385. The van der Waals surface area contributed by atoms with E-state index in [1.165, 1.54) is 0 Å². The van der Waals surface area contributed by atoms with Gasteiger partial charge in [-0.1, -0.05) is 11.6 Å². The van der Waals surface area contributed by atoms with Gasteiger partial charge >= 0.3 is 0 Å². The number of nitrogens with one attached hydrogen (secondary N) is 1. The van der Waals surface area contributed by atoms with Crippen molar-refractivity contribution in [3.05, 3.63) is 29.0 Å². The third-order valence-electron chi connectivity index (χ3n) is 2.98. The number of hydrogen-bond donors (Lipinski definition) is 1. The van der Waals surface area contributed by atoms with Gasteiger partial charge in [-0.05, 0) is 35.5 Å². The lowest BCUT2D eigenvalue weighted by molar-refractivity contribution is -0.116. The second kappa shape index (κ2) is 6.53. The standard InChI is InChI=1S/C13H17ClN6O/c1-9-16-17-18-20(9)7-6-13(21)15-11-8-10(14)4-5-12(11)19(2)3/h4-5,8H,6-7H2,1-3H3,(H,15,21). The first-order valence-corrected chi connectivity index (χ1v) is 6.84. The summed E-state index contributed by atoms with van der Waals surface area (Å²) in [5.41, 5.74) is 1.58. The molecule has 0 bridgehead atoms. The third kappa shape index (κ3) is 3.91. The zero-order valence-corrected chi connectivity index (χ0v) is 12.9. The Kier molecular flexibility index (Phi) is 4.74. The largest absolute Gasteiger partial charge is 0.376 e. The normalized spacial score (nSPS) is 10.5. The predicted octanol–water partition coefficient (Wildman–Crippen LogP) is 1.73. The monoisotopic (exact) mass is 308 g/mol. The fourth-order valence-corrected chi connectivity index (χ4v) is 2.05. The second-order valence-corrected chi connectivity index (χ2v) is 5.24. The minimum absolute atomic E-state index is 0.115. The number of carbonyl (C=O) groups excluding carboxylic acids is 1. The van der Waals surface area contributed by atoms with Crippen molar-refractivity contribution in [2.75, 3.05) is 24.3 Å². The lowest BCUT2D eigenvalue weighted by Crippen LogP contribution is -2.18. The molecule has 0 fully saturated rings. The Morgan fingerprint density at radius 3 is 2.81 bits per heavy atom. The van der Waals surface area contributed by atoms with Crippen molar-refractivity contribution in [2.24, 2.45) is 0 Å². The SMILES string of the molecule is Cc1nnnn1CCC(=O)Nc1cc(Cl)ccc1N(C)C. The molecule has 0 aliphatic rings. The van der Waals surface area contributed by atoms with Gasteiger partial charge in [0.05, 0.1) is 17.9 Å². The molecule has 0 aliphatic carbocycles. The second-order valence-electron chi connectivity index (χ2n) is 4.80. The summed E-state index contributed by atoms with van der Waals surface area (Å²) in [5.74, 6) is 0.565. The van der Waals surface area contributed by atoms with Crippen LogP contribution < -0.4 is 10.2 Å². The number of carbonyl (C=O) groups is 1. The highest BCUT2D eigenvalue weighted by atomic mass is 35.5. The Labute approximate surface area is 127 Å². The van der Waals surface area contributed by atoms with Crippen molar-refractivity contribution in [2.45, 2.75) is 19.9 Å². The Morgan fingerprint density at radius 1 is 1.43 bits per heavy atom. The fourth-order valence-electron chi connectivity index (χ4n) is 1.87. The summed E-state index contributed by atoms with van der Waals surface area (Å²) in [6.45, 7) is 2.22. The highest BCUT2D eigenvalue weighted by Crippen LogP contribution is 2.27. The number of aryl methyl sites for hydroxylation is 2. The van der Waals surface area contributed by atoms with E-state index < -0.39 is 0 Å². The molecule has 0 unspecified atom stereocenters. The van der Waals surface area contributed by atoms with Gasteiger partial charge in [-0.3, -0.25) is 4.79 Å². The first-order valence-electron chi connectivity index (χ1n) is 6.47. The van der Waals surface area contributed by atoms with Crippen LogP contribution in [0.25, 0.3) is 0 Å². The number of hydrogen-bond acceptors (Lipinski definition) is 5. The van der Waals surface area contributed by atoms with E-state index in [-0.39, 0.29) is 12.3 Å². The van der Waals surface area contributed by atoms with Crippen LogP contribution in [0.1, 0.15) is 12.2 Å². The van der Waals surface area contributed by atoms with Crippen molar-refractivity contribution < 1.29 is 4.79 Å². The van der Waals surface area contributed by atoms with Crippen LogP contribution in [-0.2, 0) is 11.3 Å². The van der Waals surface area contributed by atoms with Crippen molar-refractivity contribution >= 4 is 28.9 Å². The summed E-state index contributed by atoms with van der Waals surface area (Å²) in [6.07, 6.45) is 0.283. The molecule has 0 aliphatic heterocycles. The van der Waals surface area contributed by atoms with Crippen LogP contribution in [0.3, 0.4) is 0 Å². The van der Waals surface area contributed by atoms with Crippen LogP contribution in [0, 0.1) is 6.92 Å². The van der Waals surface area contributed by atoms with Crippen LogP contribution in [0.15, 0.2) is 18.2 Å². The average molecular weight is 309 g/mol. The number of aromatic nitrogens is 4. The highest BCUT2D eigenvalue weighted by Gasteiger charge is 2.10. The average Bonchev–Trinajstić information content (AvgIpc) is 2.81. The molecule has 0 saturated carbocycles. The lowest BCUT2D eigenvalue weighted by atomic mass is 10.2. The number of tetrazole rings is 1. The molecule has 1 amide bonds. The van der Waals surface area contributed by atoms with Gasteiger partial charge < -0.3 is 10.2 Å². The smallest absolute Gasteiger partial charge is 0.226 e. The Morgan fingerprint density at radius 2 is 2.19 bits per heavy atom. The molecule has 0 atom stereocenters. The van der Waals surface area contributed by atoms with Gasteiger partial charge in [-0.2, -0.15) is 0 Å². The van der Waals surface area contributed by atoms with Gasteiger partial charge in [-0.15, -0.1) is 5.10 Å². The van der Waals surface area contributed by atoms with Gasteiger partial charge in [0, 0.05) is 25.5 Å². The van der Waals surface area contributed by atoms with Gasteiger partial charge in [0.15, 0.2) is 0 Å². The Balaban J connectivity index is 2.02. The number of anilines is 2. The van der Waals surface area contributed by atoms with E-state index in [1.807, 2.05) is 25.1 Å². The quantitative estimate of drug-likeness (QED) is 0.910. The molecule has 21 heavy (non-hydrogen) atoms. The minimum Gasteiger partial charge on any atom is -0.376 e. The molecule has 1 aromatic carbocycles. The third-order valence-corrected chi connectivity index (χ3v) is 3.21. The molecule has 8 heteroatoms. The molecule has 0 spiro atoms. The van der Waals surface area contributed by atoms with Crippen molar-refractivity contribution in [3.8, 4) is 0 Å². The molecular weight excluding hydrogens is 292 g/mol. The van der Waals surface area contributed by atoms with Crippen LogP contribution >= 0.6 is 11.6 Å². The van der Waals surface area contributed by atoms with E-state index in [2.05, 4.69) is 20.8 Å². The van der Waals surface area contributed by atoms with Crippen LogP contribution in [0.5, 0.6) is 0 Å². The number of halogens is 1. The van der Waals surface area contributed by atoms with Gasteiger partial charge in [0.2, 0.25) is 5.91 Å². The summed E-state index contributed by atoms with van der Waals surface area (Å²) in [7, 11) is 3.81. The minimum atomic E-state index is -0.115. The molecule has 2 rings (SSSR count). The molecule has 7 nitrogen and oxygen atoms in total. The van der Waals surface area contributed by atoms with Crippen LogP contribution in [-0.4, -0.2) is 40.2 Å². The van der Waals surface area contributed by atoms with Crippen molar-refractivity contribution in [1.29, 1.82) is 0 Å². The summed E-state index contributed by atoms with van der Waals surface area (Å²) in [6, 6.07) is 5.39. The maximum atomic E-state index is 12.1. The zero-order valence-electron chi connectivity index (χ0n) is 12.2. The van der Waals surface area contributed by atoms with Gasteiger partial charge in [0.1, 0.15) is 5.82 Å². The number of benzene rings is 1. The van der Waals surface area contributed by atoms with Gasteiger partial charge in [-0.25, -0.2) is 4.68 Å². The molecule has 1 heterocycles. The van der Waals surface area contributed by atoms with E-state index in [4.69, 9.17) is 11.6 Å². The van der Waals surface area contributed by atoms with Crippen molar-refractivity contribution in [1.82, 2.24) is 20.2 Å². The van der Waals surface area contributed by atoms with Gasteiger partial charge in [0.25, 0.3) is 0 Å². The van der Waals surface area contributed by atoms with Crippen molar-refractivity contribution in [3.63, 3.8) is 0 Å². The Hall–Kier alpha value is -2.15. The lowest BCUT2D eigenvalue weighted by Gasteiger charge is -2.18. The molecule has 2 aromatic rings. The first-order chi connectivity index (χ1) is 9.97.